The molecule has 0 aliphatic carbocycles. The van der Waals surface area contributed by atoms with Crippen LogP contribution in [0.4, 0.5) is 0 Å². The van der Waals surface area contributed by atoms with Crippen molar-refractivity contribution in [1.82, 2.24) is 4.90 Å². The van der Waals surface area contributed by atoms with E-state index in [-0.39, 0.29) is 0 Å². The number of hydrogen-bond acceptors (Lipinski definition) is 4. The molecule has 3 atom stereocenters. The molecule has 0 aromatic carbocycles. The molecule has 0 radical (unpaired) electrons. The molecule has 0 N–H and O–H groups in total. The highest BCUT2D eigenvalue weighted by Gasteiger charge is 2.16. The summed E-state index contributed by atoms with van der Waals surface area (Å²) < 4.78 is 0. The zero-order valence-electron chi connectivity index (χ0n) is 7.94. The molecular formula is C8H19NS3. The average Bonchev–Trinajstić information content (AvgIpc) is 2.02. The van der Waals surface area contributed by atoms with Gasteiger partial charge in [0.05, 0.1) is 0 Å². The first-order valence-corrected chi connectivity index (χ1v) is 5.79. The third-order valence-corrected chi connectivity index (χ3v) is 4.13. The fraction of sp³-hybridized carbons (Fsp3) is 1.00. The molecule has 0 aliphatic rings. The third-order valence-electron chi connectivity index (χ3n) is 2.10. The van der Waals surface area contributed by atoms with Crippen molar-refractivity contribution < 1.29 is 0 Å². The Kier molecular flexibility index (Phi) is 7.01. The van der Waals surface area contributed by atoms with Crippen LogP contribution in [0.15, 0.2) is 0 Å². The Hall–Kier alpha value is 1.01. The Bertz CT molecular complexity index is 119. The normalized spacial score (nSPS) is 19.2. The molecule has 1 nitrogen and oxygen atoms in total. The minimum Gasteiger partial charge on any atom is -0.307 e. The van der Waals surface area contributed by atoms with Crippen LogP contribution in [0.2, 0.25) is 0 Å². The SMILES string of the molecule is CC(CC(S)C(S)CS)N(C)C. The molecular weight excluding hydrogens is 206 g/mol. The Labute approximate surface area is 92.5 Å². The highest BCUT2D eigenvalue weighted by Crippen LogP contribution is 2.17. The summed E-state index contributed by atoms with van der Waals surface area (Å²) in [7, 11) is 4.17. The van der Waals surface area contributed by atoms with Crippen LogP contribution in [0.25, 0.3) is 0 Å². The van der Waals surface area contributed by atoms with Crippen molar-refractivity contribution in [3.05, 3.63) is 0 Å². The lowest BCUT2D eigenvalue weighted by atomic mass is 10.1. The van der Waals surface area contributed by atoms with E-state index in [0.717, 1.165) is 12.2 Å². The fourth-order valence-corrected chi connectivity index (χ4v) is 1.79. The molecule has 3 unspecified atom stereocenters. The zero-order chi connectivity index (χ0) is 9.72. The topological polar surface area (TPSA) is 3.24 Å². The molecule has 0 saturated carbocycles. The van der Waals surface area contributed by atoms with Crippen molar-refractivity contribution in [2.24, 2.45) is 0 Å². The second kappa shape index (κ2) is 6.46. The van der Waals surface area contributed by atoms with Crippen molar-refractivity contribution in [3.63, 3.8) is 0 Å². The van der Waals surface area contributed by atoms with Gasteiger partial charge in [-0.2, -0.15) is 37.9 Å². The van der Waals surface area contributed by atoms with Crippen LogP contribution in [0.3, 0.4) is 0 Å². The molecule has 0 heterocycles. The van der Waals surface area contributed by atoms with E-state index in [1.807, 2.05) is 0 Å². The van der Waals surface area contributed by atoms with Crippen LogP contribution in [-0.4, -0.2) is 41.3 Å². The molecule has 0 rings (SSSR count). The monoisotopic (exact) mass is 225 g/mol. The quantitative estimate of drug-likeness (QED) is 0.602. The van der Waals surface area contributed by atoms with E-state index in [1.54, 1.807) is 0 Å². The second-order valence-electron chi connectivity index (χ2n) is 3.37. The molecule has 0 saturated heterocycles. The first-order chi connectivity index (χ1) is 5.49. The summed E-state index contributed by atoms with van der Waals surface area (Å²) in [6.07, 6.45) is 1.06. The summed E-state index contributed by atoms with van der Waals surface area (Å²) in [6, 6.07) is 0.557. The maximum absolute atomic E-state index is 4.49. The first kappa shape index (κ1) is 13.0. The van der Waals surface area contributed by atoms with Gasteiger partial charge in [0, 0.05) is 22.3 Å². The van der Waals surface area contributed by atoms with Crippen molar-refractivity contribution >= 4 is 37.9 Å². The smallest absolute Gasteiger partial charge is 0.0222 e. The van der Waals surface area contributed by atoms with E-state index in [1.165, 1.54) is 0 Å². The molecule has 0 aliphatic heterocycles. The molecule has 0 fully saturated rings. The van der Waals surface area contributed by atoms with Gasteiger partial charge >= 0.3 is 0 Å². The van der Waals surface area contributed by atoms with Crippen LogP contribution >= 0.6 is 37.9 Å². The predicted octanol–water partition coefficient (Wildman–Crippen LogP) is 1.85. The van der Waals surface area contributed by atoms with E-state index >= 15 is 0 Å². The summed E-state index contributed by atoms with van der Waals surface area (Å²) in [6.45, 7) is 2.20. The van der Waals surface area contributed by atoms with E-state index in [2.05, 4.69) is 63.8 Å². The lowest BCUT2D eigenvalue weighted by Gasteiger charge is -2.25. The Balaban J connectivity index is 3.75. The average molecular weight is 225 g/mol. The van der Waals surface area contributed by atoms with E-state index < -0.39 is 0 Å². The van der Waals surface area contributed by atoms with Crippen LogP contribution in [0.5, 0.6) is 0 Å². The fourth-order valence-electron chi connectivity index (χ4n) is 0.839. The van der Waals surface area contributed by atoms with E-state index in [0.29, 0.717) is 16.5 Å². The van der Waals surface area contributed by atoms with Crippen LogP contribution in [-0.2, 0) is 0 Å². The van der Waals surface area contributed by atoms with Crippen molar-refractivity contribution in [2.45, 2.75) is 29.9 Å². The van der Waals surface area contributed by atoms with E-state index in [4.69, 9.17) is 0 Å². The highest BCUT2D eigenvalue weighted by molar-refractivity contribution is 7.87. The second-order valence-corrected chi connectivity index (χ2v) is 5.06. The number of rotatable bonds is 5. The Morgan fingerprint density at radius 1 is 1.17 bits per heavy atom. The summed E-state index contributed by atoms with van der Waals surface area (Å²) in [5.41, 5.74) is 0. The van der Waals surface area contributed by atoms with Gasteiger partial charge < -0.3 is 4.90 Å². The lowest BCUT2D eigenvalue weighted by molar-refractivity contribution is 0.297. The summed E-state index contributed by atoms with van der Waals surface area (Å²) in [5, 5.41) is 0.627. The van der Waals surface area contributed by atoms with Gasteiger partial charge in [-0.25, -0.2) is 0 Å². The van der Waals surface area contributed by atoms with Gasteiger partial charge in [-0.05, 0) is 27.4 Å². The van der Waals surface area contributed by atoms with Gasteiger partial charge in [0.2, 0.25) is 0 Å². The van der Waals surface area contributed by atoms with Crippen LogP contribution in [0, 0.1) is 0 Å². The van der Waals surface area contributed by atoms with Gasteiger partial charge in [-0.15, -0.1) is 0 Å². The maximum Gasteiger partial charge on any atom is 0.0222 e. The predicted molar refractivity (Wildman–Crippen MR) is 67.2 cm³/mol. The molecule has 0 spiro atoms. The minimum atomic E-state index is 0.291. The minimum absolute atomic E-state index is 0.291. The van der Waals surface area contributed by atoms with Crippen LogP contribution in [0.1, 0.15) is 13.3 Å². The molecule has 0 amide bonds. The van der Waals surface area contributed by atoms with Gasteiger partial charge in [0.15, 0.2) is 0 Å². The standard InChI is InChI=1S/C8H19NS3/c1-6(9(2)3)4-7(11)8(12)5-10/h6-8,10-12H,4-5H2,1-3H3. The molecule has 74 valence electrons. The van der Waals surface area contributed by atoms with E-state index in [9.17, 15) is 0 Å². The van der Waals surface area contributed by atoms with Crippen molar-refractivity contribution in [3.8, 4) is 0 Å². The summed E-state index contributed by atoms with van der Waals surface area (Å²) in [4.78, 5) is 2.20. The molecule has 12 heavy (non-hydrogen) atoms. The first-order valence-electron chi connectivity index (χ1n) is 4.12. The molecule has 0 bridgehead atoms. The zero-order valence-corrected chi connectivity index (χ0v) is 10.6. The van der Waals surface area contributed by atoms with Crippen LogP contribution < -0.4 is 0 Å². The van der Waals surface area contributed by atoms with Gasteiger partial charge in [0.25, 0.3) is 0 Å². The third kappa shape index (κ3) is 4.90. The van der Waals surface area contributed by atoms with Gasteiger partial charge in [-0.1, -0.05) is 0 Å². The number of nitrogens with zero attached hydrogens (tertiary/aromatic N) is 1. The van der Waals surface area contributed by atoms with Gasteiger partial charge in [0.1, 0.15) is 0 Å². The lowest BCUT2D eigenvalue weighted by Crippen LogP contribution is -2.31. The maximum atomic E-state index is 4.49. The van der Waals surface area contributed by atoms with Crippen molar-refractivity contribution in [1.29, 1.82) is 0 Å². The Morgan fingerprint density at radius 2 is 1.67 bits per heavy atom. The number of hydrogen-bond donors (Lipinski definition) is 3. The Morgan fingerprint density at radius 3 is 2.00 bits per heavy atom. The largest absolute Gasteiger partial charge is 0.307 e. The van der Waals surface area contributed by atoms with Gasteiger partial charge in [-0.3, -0.25) is 0 Å². The number of thiol groups is 3. The molecule has 4 heteroatoms. The highest BCUT2D eigenvalue weighted by atomic mass is 32.1. The molecule has 0 aromatic rings. The summed E-state index contributed by atoms with van der Waals surface area (Å²) in [5.74, 6) is 0.789. The molecule has 0 aromatic heterocycles. The summed E-state index contributed by atoms with van der Waals surface area (Å²) >= 11 is 13.1. The van der Waals surface area contributed by atoms with Crippen molar-refractivity contribution in [2.75, 3.05) is 19.8 Å².